The van der Waals surface area contributed by atoms with Crippen molar-refractivity contribution < 1.29 is 23.8 Å². The standard InChI is InChI=1S/C22H21NO5/c1-26-20-9-7-15(11-21(20)27-2)12-23-22(25)14-28-19-10-8-16-5-3-4-6-17(16)18(19)13-24/h3-11,13H,12,14H2,1-2H3,(H,23,25). The minimum Gasteiger partial charge on any atom is -0.493 e. The van der Waals surface area contributed by atoms with E-state index in [1.54, 1.807) is 32.4 Å². The van der Waals surface area contributed by atoms with Gasteiger partial charge in [0.25, 0.3) is 5.91 Å². The third kappa shape index (κ3) is 4.23. The number of rotatable bonds is 8. The zero-order valence-electron chi connectivity index (χ0n) is 15.7. The van der Waals surface area contributed by atoms with Gasteiger partial charge >= 0.3 is 0 Å². The summed E-state index contributed by atoms with van der Waals surface area (Å²) in [6.07, 6.45) is 0.749. The van der Waals surface area contributed by atoms with Crippen LogP contribution in [0.1, 0.15) is 15.9 Å². The van der Waals surface area contributed by atoms with Crippen molar-refractivity contribution in [3.8, 4) is 17.2 Å². The van der Waals surface area contributed by atoms with Crippen LogP contribution in [0.3, 0.4) is 0 Å². The van der Waals surface area contributed by atoms with Gasteiger partial charge in [-0.3, -0.25) is 9.59 Å². The van der Waals surface area contributed by atoms with Crippen LogP contribution >= 0.6 is 0 Å². The van der Waals surface area contributed by atoms with Crippen molar-refractivity contribution >= 4 is 23.0 Å². The van der Waals surface area contributed by atoms with Gasteiger partial charge in [-0.05, 0) is 34.5 Å². The van der Waals surface area contributed by atoms with Crippen LogP contribution in [0.2, 0.25) is 0 Å². The molecule has 1 amide bonds. The summed E-state index contributed by atoms with van der Waals surface area (Å²) in [5, 5.41) is 4.52. The number of amides is 1. The lowest BCUT2D eigenvalue weighted by atomic mass is 10.0. The molecular weight excluding hydrogens is 358 g/mol. The first-order chi connectivity index (χ1) is 13.7. The first-order valence-electron chi connectivity index (χ1n) is 8.73. The fourth-order valence-corrected chi connectivity index (χ4v) is 2.91. The Morgan fingerprint density at radius 2 is 1.71 bits per heavy atom. The number of fused-ring (bicyclic) bond motifs is 1. The number of carbonyl (C=O) groups is 2. The molecule has 0 unspecified atom stereocenters. The molecule has 0 saturated heterocycles. The number of ether oxygens (including phenoxy) is 3. The Labute approximate surface area is 163 Å². The summed E-state index contributed by atoms with van der Waals surface area (Å²) >= 11 is 0. The van der Waals surface area contributed by atoms with Crippen LogP contribution in [0.5, 0.6) is 17.2 Å². The fourth-order valence-electron chi connectivity index (χ4n) is 2.91. The topological polar surface area (TPSA) is 73.9 Å². The maximum absolute atomic E-state index is 12.2. The molecule has 3 aromatic carbocycles. The van der Waals surface area contributed by atoms with Crippen LogP contribution in [-0.2, 0) is 11.3 Å². The average molecular weight is 379 g/mol. The van der Waals surface area contributed by atoms with Gasteiger partial charge in [0.05, 0.1) is 19.8 Å². The monoisotopic (exact) mass is 379 g/mol. The van der Waals surface area contributed by atoms with E-state index in [0.29, 0.717) is 29.4 Å². The number of methoxy groups -OCH3 is 2. The summed E-state index contributed by atoms with van der Waals surface area (Å²) in [5.41, 5.74) is 1.30. The van der Waals surface area contributed by atoms with Gasteiger partial charge in [-0.2, -0.15) is 0 Å². The van der Waals surface area contributed by atoms with Crippen molar-refractivity contribution in [1.82, 2.24) is 5.32 Å². The van der Waals surface area contributed by atoms with Crippen molar-refractivity contribution in [2.75, 3.05) is 20.8 Å². The van der Waals surface area contributed by atoms with Gasteiger partial charge in [0.2, 0.25) is 0 Å². The molecule has 0 atom stereocenters. The number of aldehydes is 1. The van der Waals surface area contributed by atoms with E-state index in [1.807, 2.05) is 36.4 Å². The molecule has 0 bridgehead atoms. The molecule has 6 heteroatoms. The van der Waals surface area contributed by atoms with Crippen molar-refractivity contribution in [3.63, 3.8) is 0 Å². The van der Waals surface area contributed by atoms with Gasteiger partial charge in [0.15, 0.2) is 24.4 Å². The van der Waals surface area contributed by atoms with Gasteiger partial charge in [-0.25, -0.2) is 0 Å². The molecule has 0 aliphatic heterocycles. The highest BCUT2D eigenvalue weighted by Crippen LogP contribution is 2.28. The normalized spacial score (nSPS) is 10.4. The summed E-state index contributed by atoms with van der Waals surface area (Å²) in [5.74, 6) is 1.31. The second kappa shape index (κ2) is 8.90. The molecular formula is C22H21NO5. The number of nitrogens with one attached hydrogen (secondary N) is 1. The van der Waals surface area contributed by atoms with Gasteiger partial charge < -0.3 is 19.5 Å². The molecule has 0 aliphatic rings. The van der Waals surface area contributed by atoms with E-state index < -0.39 is 0 Å². The highest BCUT2D eigenvalue weighted by molar-refractivity contribution is 6.00. The molecule has 144 valence electrons. The highest BCUT2D eigenvalue weighted by atomic mass is 16.5. The maximum Gasteiger partial charge on any atom is 0.258 e. The van der Waals surface area contributed by atoms with E-state index in [-0.39, 0.29) is 12.5 Å². The molecule has 0 aromatic heterocycles. The van der Waals surface area contributed by atoms with Crippen LogP contribution in [0.15, 0.2) is 54.6 Å². The summed E-state index contributed by atoms with van der Waals surface area (Å²) < 4.78 is 16.0. The Morgan fingerprint density at radius 1 is 0.964 bits per heavy atom. The third-order valence-corrected chi connectivity index (χ3v) is 4.34. The van der Waals surface area contributed by atoms with Crippen LogP contribution < -0.4 is 19.5 Å². The zero-order chi connectivity index (χ0) is 19.9. The number of hydrogen-bond donors (Lipinski definition) is 1. The number of benzene rings is 3. The molecule has 0 radical (unpaired) electrons. The van der Waals surface area contributed by atoms with E-state index in [2.05, 4.69) is 5.32 Å². The average Bonchev–Trinajstić information content (AvgIpc) is 2.75. The SMILES string of the molecule is COc1ccc(CNC(=O)COc2ccc3ccccc3c2C=O)cc1OC. The molecule has 1 N–H and O–H groups in total. The van der Waals surface area contributed by atoms with Crippen LogP contribution in [0.25, 0.3) is 10.8 Å². The molecule has 0 heterocycles. The van der Waals surface area contributed by atoms with Crippen LogP contribution in [0, 0.1) is 0 Å². The van der Waals surface area contributed by atoms with E-state index in [4.69, 9.17) is 14.2 Å². The maximum atomic E-state index is 12.2. The van der Waals surface area contributed by atoms with Crippen molar-refractivity contribution in [3.05, 3.63) is 65.7 Å². The summed E-state index contributed by atoms with van der Waals surface area (Å²) in [7, 11) is 3.12. The summed E-state index contributed by atoms with van der Waals surface area (Å²) in [4.78, 5) is 23.7. The molecule has 3 aromatic rings. The predicted octanol–water partition coefficient (Wildman–Crippen LogP) is 3.36. The van der Waals surface area contributed by atoms with Crippen LogP contribution in [-0.4, -0.2) is 33.0 Å². The zero-order valence-corrected chi connectivity index (χ0v) is 15.7. The lowest BCUT2D eigenvalue weighted by molar-refractivity contribution is -0.123. The molecule has 6 nitrogen and oxygen atoms in total. The smallest absolute Gasteiger partial charge is 0.258 e. The van der Waals surface area contributed by atoms with Crippen molar-refractivity contribution in [2.24, 2.45) is 0 Å². The summed E-state index contributed by atoms with van der Waals surface area (Å²) in [6, 6.07) is 16.5. The largest absolute Gasteiger partial charge is 0.493 e. The highest BCUT2D eigenvalue weighted by Gasteiger charge is 2.11. The van der Waals surface area contributed by atoms with E-state index in [1.165, 1.54) is 0 Å². The second-order valence-electron chi connectivity index (χ2n) is 6.07. The summed E-state index contributed by atoms with van der Waals surface area (Å²) in [6.45, 7) is 0.132. The molecule has 0 saturated carbocycles. The van der Waals surface area contributed by atoms with Gasteiger partial charge in [-0.15, -0.1) is 0 Å². The van der Waals surface area contributed by atoms with E-state index >= 15 is 0 Å². The Kier molecular flexibility index (Phi) is 6.11. The Balaban J connectivity index is 1.62. The molecule has 0 aliphatic carbocycles. The molecule has 0 fully saturated rings. The Bertz CT molecular complexity index is 999. The molecule has 28 heavy (non-hydrogen) atoms. The third-order valence-electron chi connectivity index (χ3n) is 4.34. The van der Waals surface area contributed by atoms with Crippen molar-refractivity contribution in [2.45, 2.75) is 6.54 Å². The van der Waals surface area contributed by atoms with Gasteiger partial charge in [0.1, 0.15) is 5.75 Å². The quantitative estimate of drug-likeness (QED) is 0.608. The Hall–Kier alpha value is -3.54. The van der Waals surface area contributed by atoms with E-state index in [0.717, 1.165) is 22.6 Å². The molecule has 0 spiro atoms. The number of carbonyl (C=O) groups excluding carboxylic acids is 2. The van der Waals surface area contributed by atoms with Gasteiger partial charge in [-0.1, -0.05) is 36.4 Å². The lowest BCUT2D eigenvalue weighted by Crippen LogP contribution is -2.28. The first kappa shape index (κ1) is 19.2. The first-order valence-corrected chi connectivity index (χ1v) is 8.73. The fraction of sp³-hybridized carbons (Fsp3) is 0.182. The van der Waals surface area contributed by atoms with Crippen molar-refractivity contribution in [1.29, 1.82) is 0 Å². The lowest BCUT2D eigenvalue weighted by Gasteiger charge is -2.12. The van der Waals surface area contributed by atoms with E-state index in [9.17, 15) is 9.59 Å². The number of hydrogen-bond acceptors (Lipinski definition) is 5. The predicted molar refractivity (Wildman–Crippen MR) is 106 cm³/mol. The second-order valence-corrected chi connectivity index (χ2v) is 6.07. The van der Waals surface area contributed by atoms with Crippen LogP contribution in [0.4, 0.5) is 0 Å². The molecule has 3 rings (SSSR count). The van der Waals surface area contributed by atoms with Gasteiger partial charge in [0, 0.05) is 6.54 Å². The minimum atomic E-state index is -0.292. The Morgan fingerprint density at radius 3 is 2.46 bits per heavy atom. The minimum absolute atomic E-state index is 0.188.